The fourth-order valence-corrected chi connectivity index (χ4v) is 5.17. The van der Waals surface area contributed by atoms with Crippen molar-refractivity contribution in [2.24, 2.45) is 5.10 Å². The third-order valence-corrected chi connectivity index (χ3v) is 7.68. The molecule has 2 aliphatic rings. The maximum absolute atomic E-state index is 6.40. The second-order valence-corrected chi connectivity index (χ2v) is 10.6. The van der Waals surface area contributed by atoms with Crippen LogP contribution >= 0.6 is 23.2 Å². The van der Waals surface area contributed by atoms with Crippen LogP contribution in [-0.4, -0.2) is 86.9 Å². The highest BCUT2D eigenvalue weighted by atomic mass is 35.5. The summed E-state index contributed by atoms with van der Waals surface area (Å²) in [5.41, 5.74) is 5.71. The van der Waals surface area contributed by atoms with Crippen LogP contribution in [0.1, 0.15) is 25.0 Å². The van der Waals surface area contributed by atoms with Crippen molar-refractivity contribution in [3.8, 4) is 5.75 Å². The fraction of sp³-hybridized carbons (Fsp3) is 0.448. The number of benzene rings is 2. The van der Waals surface area contributed by atoms with Crippen LogP contribution in [0.2, 0.25) is 10.0 Å². The van der Waals surface area contributed by atoms with Gasteiger partial charge in [0.05, 0.1) is 32.6 Å². The summed E-state index contributed by atoms with van der Waals surface area (Å²) in [7, 11) is 0. The number of nitrogens with zero attached hydrogens (tertiary/aromatic N) is 7. The highest BCUT2D eigenvalue weighted by molar-refractivity contribution is 6.35. The molecule has 0 saturated carbocycles. The van der Waals surface area contributed by atoms with Crippen molar-refractivity contribution in [1.82, 2.24) is 15.0 Å². The lowest BCUT2D eigenvalue weighted by molar-refractivity contribution is 0.121. The van der Waals surface area contributed by atoms with Crippen LogP contribution in [0.5, 0.6) is 5.75 Å². The largest absolute Gasteiger partial charge is 0.488 e. The van der Waals surface area contributed by atoms with Gasteiger partial charge in [0.25, 0.3) is 0 Å². The predicted molar refractivity (Wildman–Crippen MR) is 168 cm³/mol. The van der Waals surface area contributed by atoms with E-state index in [2.05, 4.69) is 55.1 Å². The van der Waals surface area contributed by atoms with E-state index in [4.69, 9.17) is 42.4 Å². The Bertz CT molecular complexity index is 1330. The highest BCUT2D eigenvalue weighted by Crippen LogP contribution is 2.28. The number of hydrazone groups is 1. The molecule has 0 aliphatic carbocycles. The van der Waals surface area contributed by atoms with Gasteiger partial charge in [0.2, 0.25) is 17.8 Å². The number of ether oxygens (including phenoxy) is 3. The number of hydrogen-bond donors (Lipinski definition) is 1. The Labute approximate surface area is 256 Å². The van der Waals surface area contributed by atoms with E-state index in [0.717, 1.165) is 29.9 Å². The standard InChI is InChI=1S/C29H36Cl2N8O3/c1-3-37(4-2)24-8-6-21(26(18-24)42-20-22-5-7-23(30)17-25(22)31)19-32-36-27-33-28(38-9-13-40-14-10-38)35-29(34-27)39-11-15-41-16-12-39/h5-8,17-19H,3-4,9-16,20H2,1-2H3,(H,33,34,35,36). The number of morpholine rings is 2. The SMILES string of the molecule is CCN(CC)c1ccc(C=NNc2nc(N3CCOCC3)nc(N3CCOCC3)n2)c(OCc2ccc(Cl)cc2Cl)c1. The summed E-state index contributed by atoms with van der Waals surface area (Å²) < 4.78 is 17.3. The van der Waals surface area contributed by atoms with Crippen molar-refractivity contribution in [2.75, 3.05) is 85.8 Å². The van der Waals surface area contributed by atoms with Gasteiger partial charge < -0.3 is 28.9 Å². The van der Waals surface area contributed by atoms with Gasteiger partial charge in [-0.15, -0.1) is 0 Å². The molecular formula is C29H36Cl2N8O3. The molecule has 0 atom stereocenters. The lowest BCUT2D eigenvalue weighted by atomic mass is 10.1. The van der Waals surface area contributed by atoms with E-state index in [1.54, 1.807) is 18.3 Å². The summed E-state index contributed by atoms with van der Waals surface area (Å²) in [6, 6.07) is 11.5. The number of aromatic nitrogens is 3. The van der Waals surface area contributed by atoms with Gasteiger partial charge in [-0.1, -0.05) is 29.3 Å². The minimum atomic E-state index is 0.283. The summed E-state index contributed by atoms with van der Waals surface area (Å²) in [4.78, 5) is 20.5. The molecule has 0 radical (unpaired) electrons. The molecule has 5 rings (SSSR count). The number of nitrogens with one attached hydrogen (secondary N) is 1. The number of halogens is 2. The first kappa shape index (κ1) is 30.1. The molecule has 2 aliphatic heterocycles. The Kier molecular flexibility index (Phi) is 10.5. The van der Waals surface area contributed by atoms with Crippen LogP contribution in [0.15, 0.2) is 41.5 Å². The molecule has 1 aromatic heterocycles. The maximum atomic E-state index is 6.40. The van der Waals surface area contributed by atoms with Crippen molar-refractivity contribution in [1.29, 1.82) is 0 Å². The van der Waals surface area contributed by atoms with Gasteiger partial charge in [0.15, 0.2) is 0 Å². The van der Waals surface area contributed by atoms with Crippen LogP contribution in [0.3, 0.4) is 0 Å². The van der Waals surface area contributed by atoms with Crippen LogP contribution in [0.4, 0.5) is 23.5 Å². The lowest BCUT2D eigenvalue weighted by Crippen LogP contribution is -2.40. The topological polar surface area (TPSA) is 100 Å². The predicted octanol–water partition coefficient (Wildman–Crippen LogP) is 4.72. The molecule has 2 aromatic carbocycles. The summed E-state index contributed by atoms with van der Waals surface area (Å²) in [6.45, 7) is 11.7. The van der Waals surface area contributed by atoms with E-state index in [1.165, 1.54) is 0 Å². The number of anilines is 4. The molecule has 2 fully saturated rings. The first-order chi connectivity index (χ1) is 20.5. The van der Waals surface area contributed by atoms with Crippen molar-refractivity contribution in [2.45, 2.75) is 20.5 Å². The Morgan fingerprint density at radius 2 is 1.55 bits per heavy atom. The molecule has 13 heteroatoms. The highest BCUT2D eigenvalue weighted by Gasteiger charge is 2.20. The van der Waals surface area contributed by atoms with Crippen molar-refractivity contribution in [3.63, 3.8) is 0 Å². The van der Waals surface area contributed by atoms with Crippen LogP contribution in [0.25, 0.3) is 0 Å². The second-order valence-electron chi connectivity index (χ2n) is 9.75. The van der Waals surface area contributed by atoms with Gasteiger partial charge >= 0.3 is 0 Å². The van der Waals surface area contributed by atoms with E-state index in [-0.39, 0.29) is 6.61 Å². The first-order valence-electron chi connectivity index (χ1n) is 14.2. The second kappa shape index (κ2) is 14.7. The Morgan fingerprint density at radius 1 is 0.905 bits per heavy atom. The lowest BCUT2D eigenvalue weighted by Gasteiger charge is -2.30. The van der Waals surface area contributed by atoms with Gasteiger partial charge in [-0.05, 0) is 38.1 Å². The molecule has 42 heavy (non-hydrogen) atoms. The normalized spacial score (nSPS) is 15.7. The molecule has 0 amide bonds. The summed E-state index contributed by atoms with van der Waals surface area (Å²) in [6.07, 6.45) is 1.71. The average Bonchev–Trinajstić information content (AvgIpc) is 3.03. The molecule has 3 heterocycles. The van der Waals surface area contributed by atoms with Crippen LogP contribution < -0.4 is 24.9 Å². The van der Waals surface area contributed by atoms with Gasteiger partial charge in [0, 0.05) is 72.2 Å². The summed E-state index contributed by atoms with van der Waals surface area (Å²) in [5.74, 6) is 2.23. The van der Waals surface area contributed by atoms with Crippen LogP contribution in [0, 0.1) is 0 Å². The third kappa shape index (κ3) is 7.71. The zero-order chi connectivity index (χ0) is 29.3. The minimum Gasteiger partial charge on any atom is -0.488 e. The van der Waals surface area contributed by atoms with Gasteiger partial charge in [-0.25, -0.2) is 5.43 Å². The third-order valence-electron chi connectivity index (χ3n) is 7.09. The molecular weight excluding hydrogens is 579 g/mol. The number of hydrogen-bond acceptors (Lipinski definition) is 11. The zero-order valence-corrected chi connectivity index (χ0v) is 25.4. The molecule has 224 valence electrons. The molecule has 11 nitrogen and oxygen atoms in total. The monoisotopic (exact) mass is 614 g/mol. The van der Waals surface area contributed by atoms with E-state index in [1.807, 2.05) is 18.2 Å². The zero-order valence-electron chi connectivity index (χ0n) is 23.9. The Morgan fingerprint density at radius 3 is 2.14 bits per heavy atom. The van der Waals surface area contributed by atoms with Crippen molar-refractivity contribution >= 4 is 52.9 Å². The Balaban J connectivity index is 1.38. The van der Waals surface area contributed by atoms with E-state index in [0.29, 0.717) is 86.2 Å². The smallest absolute Gasteiger partial charge is 0.250 e. The molecule has 2 saturated heterocycles. The van der Waals surface area contributed by atoms with Gasteiger partial charge in [-0.3, -0.25) is 0 Å². The fourth-order valence-electron chi connectivity index (χ4n) is 4.71. The quantitative estimate of drug-likeness (QED) is 0.241. The van der Waals surface area contributed by atoms with Gasteiger partial charge in [-0.2, -0.15) is 20.1 Å². The Hall–Kier alpha value is -3.38. The minimum absolute atomic E-state index is 0.283. The van der Waals surface area contributed by atoms with Crippen molar-refractivity contribution in [3.05, 3.63) is 57.6 Å². The van der Waals surface area contributed by atoms with Crippen molar-refractivity contribution < 1.29 is 14.2 Å². The summed E-state index contributed by atoms with van der Waals surface area (Å²) >= 11 is 12.5. The first-order valence-corrected chi connectivity index (χ1v) is 15.0. The maximum Gasteiger partial charge on any atom is 0.250 e. The van der Waals surface area contributed by atoms with E-state index >= 15 is 0 Å². The van der Waals surface area contributed by atoms with E-state index < -0.39 is 0 Å². The molecule has 3 aromatic rings. The van der Waals surface area contributed by atoms with Crippen LogP contribution in [-0.2, 0) is 16.1 Å². The molecule has 0 spiro atoms. The molecule has 0 unspecified atom stereocenters. The molecule has 0 bridgehead atoms. The summed E-state index contributed by atoms with van der Waals surface area (Å²) in [5, 5.41) is 5.63. The molecule has 1 N–H and O–H groups in total. The van der Waals surface area contributed by atoms with Gasteiger partial charge in [0.1, 0.15) is 12.4 Å². The number of rotatable bonds is 11. The van der Waals surface area contributed by atoms with E-state index in [9.17, 15) is 0 Å². The average molecular weight is 616 g/mol.